The molecule has 0 bridgehead atoms. The average Bonchev–Trinajstić information content (AvgIpc) is 4.08. The van der Waals surface area contributed by atoms with Crippen molar-refractivity contribution < 1.29 is 38.1 Å². The lowest BCUT2D eigenvalue weighted by Crippen LogP contribution is -2.63. The van der Waals surface area contributed by atoms with Crippen molar-refractivity contribution in [2.45, 2.75) is 74.3 Å². The van der Waals surface area contributed by atoms with Crippen molar-refractivity contribution in [1.82, 2.24) is 0 Å². The van der Waals surface area contributed by atoms with Crippen molar-refractivity contribution in [3.05, 3.63) is 177 Å². The number of nitrogens with zero attached hydrogens (tertiary/aromatic N) is 2. The number of carbonyl (C=O) groups excluding carboxylic acids is 4. The molecule has 0 fully saturated rings. The number of ether oxygens (including phenoxy) is 4. The van der Waals surface area contributed by atoms with Crippen LogP contribution in [0.2, 0.25) is 0 Å². The zero-order valence-electron chi connectivity index (χ0n) is 39.7. The van der Waals surface area contributed by atoms with Gasteiger partial charge in [-0.15, -0.1) is 0 Å². The van der Waals surface area contributed by atoms with E-state index >= 15 is 0 Å². The van der Waals surface area contributed by atoms with Crippen LogP contribution in [0.15, 0.2) is 144 Å². The van der Waals surface area contributed by atoms with Crippen LogP contribution in [0.5, 0.6) is 0 Å². The predicted octanol–water partition coefficient (Wildman–Crippen LogP) is 9.71. The van der Waals surface area contributed by atoms with E-state index in [9.17, 15) is 19.2 Å². The number of rotatable bonds is 4. The fraction of sp³-hybridized carbons (Fsp3) is 0.276. The number of hydrogen-bond acceptors (Lipinski definition) is 10. The Kier molecular flexibility index (Phi) is 8.11. The smallest absolute Gasteiger partial charge is 0.355 e. The van der Waals surface area contributed by atoms with Crippen LogP contribution in [-0.2, 0) is 59.8 Å². The summed E-state index contributed by atoms with van der Waals surface area (Å²) in [5.74, 6) is -2.62. The molecule has 12 rings (SSSR count). The number of carbonyl (C=O) groups is 4. The average molecular weight is 903 g/mol. The summed E-state index contributed by atoms with van der Waals surface area (Å²) in [5.41, 5.74) is 5.20. The van der Waals surface area contributed by atoms with E-state index in [1.807, 2.05) is 48.5 Å². The van der Waals surface area contributed by atoms with Gasteiger partial charge < -0.3 is 28.7 Å². The molecule has 0 saturated heterocycles. The summed E-state index contributed by atoms with van der Waals surface area (Å²) in [4.78, 5) is 63.7. The lowest BCUT2D eigenvalue weighted by molar-refractivity contribution is -0.139. The Morgan fingerprint density at radius 2 is 0.647 bits per heavy atom. The van der Waals surface area contributed by atoms with Gasteiger partial charge in [-0.3, -0.25) is 0 Å². The zero-order valence-corrected chi connectivity index (χ0v) is 39.7. The number of hydrogen-bond donors (Lipinski definition) is 0. The lowest BCUT2D eigenvalue weighted by Gasteiger charge is -2.52. The molecule has 0 aromatic heterocycles. The van der Waals surface area contributed by atoms with Gasteiger partial charge in [0.15, 0.2) is 0 Å². The molecule has 0 amide bonds. The first-order chi connectivity index (χ1) is 32.6. The molecule has 2 atom stereocenters. The molecule has 6 aliphatic rings. The van der Waals surface area contributed by atoms with Crippen molar-refractivity contribution in [3.63, 3.8) is 0 Å². The number of anilines is 2. The molecule has 0 N–H and O–H groups in total. The minimum absolute atomic E-state index is 0.0979. The van der Waals surface area contributed by atoms with Gasteiger partial charge >= 0.3 is 23.9 Å². The third-order valence-electron chi connectivity index (χ3n) is 17.8. The molecule has 68 heavy (non-hydrogen) atoms. The highest BCUT2D eigenvalue weighted by Gasteiger charge is 2.78. The monoisotopic (exact) mass is 902 g/mol. The normalized spacial score (nSPS) is 22.6. The SMILES string of the molecule is COC(=O)C1=C(C(=O)OC)C2(c3ccccc3-c3ccccc32)C2(C)N1c1c(ccc3c4c(ccc13)C(C)(C)C1(C)N4C(C(=O)OC)=C(C(=O)OC)C13c1ccccc1-c1ccccc13)C2(C)C. The quantitative estimate of drug-likeness (QED) is 0.125. The minimum atomic E-state index is -1.23. The van der Waals surface area contributed by atoms with E-state index < -0.39 is 56.6 Å². The first kappa shape index (κ1) is 41.9. The standard InChI is InChI=1S/C58H50N2O8/c1-53(2)41-29-27-36-35(45(41)59-47(51(63)67-9)43(49(61)65-7)57(55(53,59)5)37-23-15-11-19-31(37)32-20-12-16-24-38(32)57)28-30-42-46(36)60-48(52(64)68-10)44(50(62)66-8)58(56(60,6)54(42,3)4)39-25-17-13-21-33(39)34-22-14-18-26-40(34)58/h11-30H,1-10H3. The fourth-order valence-electron chi connectivity index (χ4n) is 14.7. The molecule has 340 valence electrons. The Balaban J connectivity index is 1.22. The first-order valence-corrected chi connectivity index (χ1v) is 23.0. The van der Waals surface area contributed by atoms with E-state index in [0.717, 1.165) is 77.8 Å². The van der Waals surface area contributed by atoms with Crippen LogP contribution < -0.4 is 9.80 Å². The zero-order chi connectivity index (χ0) is 47.8. The van der Waals surface area contributed by atoms with Crippen molar-refractivity contribution in [2.75, 3.05) is 38.2 Å². The highest BCUT2D eigenvalue weighted by Crippen LogP contribution is 2.76. The molecule has 0 saturated carbocycles. The highest BCUT2D eigenvalue weighted by atomic mass is 16.5. The summed E-state index contributed by atoms with van der Waals surface area (Å²) in [7, 11) is 5.39. The second-order valence-corrected chi connectivity index (χ2v) is 20.2. The maximum atomic E-state index is 14.9. The Bertz CT molecular complexity index is 3130. The molecule has 10 nitrogen and oxygen atoms in total. The Morgan fingerprint density at radius 3 is 0.926 bits per heavy atom. The van der Waals surface area contributed by atoms with Crippen molar-refractivity contribution in [1.29, 1.82) is 0 Å². The maximum Gasteiger partial charge on any atom is 0.355 e. The Morgan fingerprint density at radius 1 is 0.368 bits per heavy atom. The van der Waals surface area contributed by atoms with Crippen LogP contribution in [0.3, 0.4) is 0 Å². The van der Waals surface area contributed by atoms with Gasteiger partial charge in [-0.25, -0.2) is 19.2 Å². The summed E-state index contributed by atoms with van der Waals surface area (Å²) in [5, 5.41) is 1.55. The maximum absolute atomic E-state index is 14.9. The van der Waals surface area contributed by atoms with Crippen LogP contribution in [0.25, 0.3) is 33.0 Å². The van der Waals surface area contributed by atoms with Crippen LogP contribution in [0.1, 0.15) is 74.9 Å². The molecular formula is C58H50N2O8. The third kappa shape index (κ3) is 4.06. The molecule has 10 heteroatoms. The van der Waals surface area contributed by atoms with Crippen molar-refractivity contribution in [3.8, 4) is 22.3 Å². The highest BCUT2D eigenvalue weighted by molar-refractivity contribution is 6.19. The summed E-state index contributed by atoms with van der Waals surface area (Å²) >= 11 is 0. The number of fused-ring (bicyclic) bond motifs is 21. The minimum Gasteiger partial charge on any atom is -0.466 e. The fourth-order valence-corrected chi connectivity index (χ4v) is 14.7. The van der Waals surface area contributed by atoms with E-state index in [2.05, 4.69) is 124 Å². The van der Waals surface area contributed by atoms with Gasteiger partial charge in [0.1, 0.15) is 11.4 Å². The second-order valence-electron chi connectivity index (χ2n) is 20.2. The number of benzene rings is 6. The van der Waals surface area contributed by atoms with E-state index in [1.54, 1.807) is 0 Å². The molecule has 4 aliphatic heterocycles. The molecule has 6 aromatic carbocycles. The van der Waals surface area contributed by atoms with Gasteiger partial charge in [0.05, 0.1) is 72.9 Å². The lowest BCUT2D eigenvalue weighted by atomic mass is 9.53. The van der Waals surface area contributed by atoms with Gasteiger partial charge in [0, 0.05) is 21.6 Å². The summed E-state index contributed by atoms with van der Waals surface area (Å²) in [6.45, 7) is 13.1. The van der Waals surface area contributed by atoms with E-state index in [4.69, 9.17) is 18.9 Å². The third-order valence-corrected chi connectivity index (χ3v) is 17.8. The van der Waals surface area contributed by atoms with E-state index in [1.165, 1.54) is 28.4 Å². The molecule has 4 heterocycles. The van der Waals surface area contributed by atoms with Crippen molar-refractivity contribution in [2.24, 2.45) is 0 Å². The van der Waals surface area contributed by atoms with Gasteiger partial charge in [-0.05, 0) is 69.5 Å². The Hall–Kier alpha value is -7.46. The second kappa shape index (κ2) is 13.2. The van der Waals surface area contributed by atoms with Crippen molar-refractivity contribution >= 4 is 46.0 Å². The topological polar surface area (TPSA) is 112 Å². The number of methoxy groups -OCH3 is 4. The summed E-state index contributed by atoms with van der Waals surface area (Å²) in [6, 6.07) is 41.0. The molecule has 0 radical (unpaired) electrons. The molecule has 2 aliphatic carbocycles. The largest absolute Gasteiger partial charge is 0.466 e. The molecule has 2 unspecified atom stereocenters. The predicted molar refractivity (Wildman–Crippen MR) is 259 cm³/mol. The molecule has 2 spiro atoms. The first-order valence-electron chi connectivity index (χ1n) is 23.0. The summed E-state index contributed by atoms with van der Waals surface area (Å²) < 4.78 is 22.9. The van der Waals surface area contributed by atoms with E-state index in [0.29, 0.717) is 0 Å². The summed E-state index contributed by atoms with van der Waals surface area (Å²) in [6.07, 6.45) is 0. The van der Waals surface area contributed by atoms with Crippen LogP contribution in [-0.4, -0.2) is 63.4 Å². The van der Waals surface area contributed by atoms with Gasteiger partial charge in [0.25, 0.3) is 0 Å². The van der Waals surface area contributed by atoms with Gasteiger partial charge in [-0.1, -0.05) is 149 Å². The number of esters is 4. The van der Waals surface area contributed by atoms with Gasteiger partial charge in [0.2, 0.25) is 0 Å². The van der Waals surface area contributed by atoms with Crippen LogP contribution in [0.4, 0.5) is 11.4 Å². The molecular weight excluding hydrogens is 853 g/mol. The van der Waals surface area contributed by atoms with Crippen LogP contribution >= 0.6 is 0 Å². The van der Waals surface area contributed by atoms with Crippen LogP contribution in [0, 0.1) is 0 Å². The molecule has 6 aromatic rings. The van der Waals surface area contributed by atoms with E-state index in [-0.39, 0.29) is 22.5 Å². The van der Waals surface area contributed by atoms with Gasteiger partial charge in [-0.2, -0.15) is 0 Å². The Labute approximate surface area is 394 Å².